The lowest BCUT2D eigenvalue weighted by Crippen LogP contribution is -2.24. The highest BCUT2D eigenvalue weighted by molar-refractivity contribution is 6.31. The fraction of sp³-hybridized carbons (Fsp3) is 0.125. The van der Waals surface area contributed by atoms with Crippen molar-refractivity contribution < 1.29 is 19.1 Å². The number of rotatable bonds is 10. The van der Waals surface area contributed by atoms with Gasteiger partial charge in [-0.15, -0.1) is 0 Å². The molecule has 0 spiro atoms. The van der Waals surface area contributed by atoms with Crippen molar-refractivity contribution in [1.29, 1.82) is 5.41 Å². The zero-order chi connectivity index (χ0) is 24.7. The minimum Gasteiger partial charge on any atom is -0.489 e. The van der Waals surface area contributed by atoms with Crippen LogP contribution >= 0.6 is 23.2 Å². The van der Waals surface area contributed by atoms with E-state index in [0.717, 1.165) is 5.56 Å². The van der Waals surface area contributed by atoms with Gasteiger partial charge in [0.25, 0.3) is 11.8 Å². The predicted octanol–water partition coefficient (Wildman–Crippen LogP) is 3.65. The third-order valence-corrected chi connectivity index (χ3v) is 5.11. The molecule has 6 N–H and O–H groups in total. The number of amides is 2. The van der Waals surface area contributed by atoms with Gasteiger partial charge in [0.05, 0.1) is 0 Å². The molecule has 0 saturated carbocycles. The van der Waals surface area contributed by atoms with Crippen LogP contribution in [0.15, 0.2) is 60.7 Å². The summed E-state index contributed by atoms with van der Waals surface area (Å²) in [6.07, 6.45) is 0. The van der Waals surface area contributed by atoms with Gasteiger partial charge in [-0.05, 0) is 42.0 Å². The summed E-state index contributed by atoms with van der Waals surface area (Å²) in [5.74, 6) is -0.498. The van der Waals surface area contributed by atoms with Crippen LogP contribution in [-0.2, 0) is 17.9 Å². The Labute approximate surface area is 206 Å². The molecule has 2 amide bonds. The van der Waals surface area contributed by atoms with Crippen LogP contribution in [0.4, 0.5) is 0 Å². The molecular formula is C24H22Cl2N4O4. The number of hydrogen-bond acceptors (Lipinski definition) is 5. The second-order valence-corrected chi connectivity index (χ2v) is 8.14. The number of primary amides is 1. The van der Waals surface area contributed by atoms with Gasteiger partial charge in [-0.25, -0.2) is 0 Å². The van der Waals surface area contributed by atoms with Gasteiger partial charge in [-0.2, -0.15) is 0 Å². The first-order valence-electron chi connectivity index (χ1n) is 10.1. The van der Waals surface area contributed by atoms with Gasteiger partial charge in [0.2, 0.25) is 0 Å². The summed E-state index contributed by atoms with van der Waals surface area (Å²) in [6.45, 7) is 0.00510. The summed E-state index contributed by atoms with van der Waals surface area (Å²) in [5, 5.41) is 11.3. The van der Waals surface area contributed by atoms with Crippen molar-refractivity contribution in [2.24, 2.45) is 11.5 Å². The molecule has 0 heterocycles. The molecule has 0 fully saturated rings. The van der Waals surface area contributed by atoms with E-state index in [1.165, 1.54) is 12.1 Å². The Balaban J connectivity index is 1.70. The van der Waals surface area contributed by atoms with Gasteiger partial charge in [0.1, 0.15) is 23.9 Å². The standard InChI is InChI=1S/C24H22Cl2N4O4/c25-18-5-1-14(2-6-18)12-33-20-8-17(7-19(26)10-20)24(32)30-11-16-4-3-15(23(28)29)9-21(16)34-13-22(27)31/h1-10H,11-13H2,(H2,27,31)(H3,28,29)(H,30,32). The average molecular weight is 501 g/mol. The lowest BCUT2D eigenvalue weighted by Gasteiger charge is -2.14. The van der Waals surface area contributed by atoms with E-state index in [9.17, 15) is 9.59 Å². The number of nitrogens with two attached hydrogens (primary N) is 2. The Morgan fingerprint density at radius 2 is 1.62 bits per heavy atom. The zero-order valence-corrected chi connectivity index (χ0v) is 19.5. The van der Waals surface area contributed by atoms with Gasteiger partial charge >= 0.3 is 0 Å². The predicted molar refractivity (Wildman–Crippen MR) is 131 cm³/mol. The molecule has 0 unspecified atom stereocenters. The van der Waals surface area contributed by atoms with Crippen LogP contribution in [-0.4, -0.2) is 24.3 Å². The van der Waals surface area contributed by atoms with E-state index >= 15 is 0 Å². The molecule has 0 atom stereocenters. The van der Waals surface area contributed by atoms with Crippen LogP contribution in [0.5, 0.6) is 11.5 Å². The molecular weight excluding hydrogens is 479 g/mol. The summed E-state index contributed by atoms with van der Waals surface area (Å²) in [6, 6.07) is 16.7. The highest BCUT2D eigenvalue weighted by atomic mass is 35.5. The number of nitrogen functional groups attached to an aromatic ring is 1. The molecule has 8 nitrogen and oxygen atoms in total. The third kappa shape index (κ3) is 7.13. The van der Waals surface area contributed by atoms with E-state index in [0.29, 0.717) is 32.5 Å². The lowest BCUT2D eigenvalue weighted by molar-refractivity contribution is -0.119. The van der Waals surface area contributed by atoms with Gasteiger partial charge in [0.15, 0.2) is 6.61 Å². The summed E-state index contributed by atoms with van der Waals surface area (Å²) in [7, 11) is 0. The van der Waals surface area contributed by atoms with Crippen molar-refractivity contribution in [3.63, 3.8) is 0 Å². The van der Waals surface area contributed by atoms with Crippen LogP contribution in [0, 0.1) is 5.41 Å². The molecule has 0 aliphatic rings. The van der Waals surface area contributed by atoms with Crippen molar-refractivity contribution >= 4 is 40.9 Å². The molecule has 0 aliphatic heterocycles. The lowest BCUT2D eigenvalue weighted by atomic mass is 10.1. The van der Waals surface area contributed by atoms with Gasteiger partial charge < -0.3 is 26.3 Å². The van der Waals surface area contributed by atoms with Crippen LogP contribution in [0.1, 0.15) is 27.0 Å². The minimum absolute atomic E-state index is 0.0819. The second-order valence-electron chi connectivity index (χ2n) is 7.26. The van der Waals surface area contributed by atoms with E-state index in [4.69, 9.17) is 49.6 Å². The van der Waals surface area contributed by atoms with Crippen molar-refractivity contribution in [3.8, 4) is 11.5 Å². The Hall–Kier alpha value is -3.75. The maximum Gasteiger partial charge on any atom is 0.255 e. The summed E-state index contributed by atoms with van der Waals surface area (Å²) in [5.41, 5.74) is 12.9. The first kappa shape index (κ1) is 24.9. The third-order valence-electron chi connectivity index (χ3n) is 4.64. The van der Waals surface area contributed by atoms with Crippen molar-refractivity contribution in [3.05, 3.63) is 93.0 Å². The van der Waals surface area contributed by atoms with Gasteiger partial charge in [-0.1, -0.05) is 47.5 Å². The monoisotopic (exact) mass is 500 g/mol. The van der Waals surface area contributed by atoms with E-state index in [2.05, 4.69) is 5.32 Å². The molecule has 0 saturated heterocycles. The van der Waals surface area contributed by atoms with E-state index < -0.39 is 11.8 Å². The molecule has 176 valence electrons. The van der Waals surface area contributed by atoms with Crippen LogP contribution in [0.25, 0.3) is 0 Å². The zero-order valence-electron chi connectivity index (χ0n) is 17.9. The Morgan fingerprint density at radius 1 is 0.882 bits per heavy atom. The maximum absolute atomic E-state index is 12.8. The molecule has 0 bridgehead atoms. The average Bonchev–Trinajstić information content (AvgIpc) is 2.80. The molecule has 0 radical (unpaired) electrons. The largest absolute Gasteiger partial charge is 0.489 e. The van der Waals surface area contributed by atoms with Gasteiger partial charge in [0, 0.05) is 33.3 Å². The fourth-order valence-electron chi connectivity index (χ4n) is 2.95. The molecule has 3 aromatic rings. The molecule has 3 rings (SSSR count). The molecule has 3 aromatic carbocycles. The summed E-state index contributed by atoms with van der Waals surface area (Å²) in [4.78, 5) is 23.9. The number of amidine groups is 1. The minimum atomic E-state index is -0.659. The first-order valence-corrected chi connectivity index (χ1v) is 10.8. The molecule has 34 heavy (non-hydrogen) atoms. The second kappa shape index (κ2) is 11.4. The number of carbonyl (C=O) groups excluding carboxylic acids is 2. The molecule has 10 heteroatoms. The SMILES string of the molecule is N=C(N)c1ccc(CNC(=O)c2cc(Cl)cc(OCc3ccc(Cl)cc3)c2)c(OCC(N)=O)c1. The highest BCUT2D eigenvalue weighted by Gasteiger charge is 2.13. The maximum atomic E-state index is 12.8. The molecule has 0 aliphatic carbocycles. The van der Waals surface area contributed by atoms with Crippen LogP contribution < -0.4 is 26.3 Å². The normalized spacial score (nSPS) is 10.4. The number of benzene rings is 3. The number of carbonyl (C=O) groups is 2. The molecule has 0 aromatic heterocycles. The van der Waals surface area contributed by atoms with Crippen molar-refractivity contribution in [2.45, 2.75) is 13.2 Å². The first-order chi connectivity index (χ1) is 16.2. The Morgan fingerprint density at radius 3 is 2.29 bits per heavy atom. The topological polar surface area (TPSA) is 141 Å². The smallest absolute Gasteiger partial charge is 0.255 e. The summed E-state index contributed by atoms with van der Waals surface area (Å²) < 4.78 is 11.2. The number of hydrogen-bond donors (Lipinski definition) is 4. The summed E-state index contributed by atoms with van der Waals surface area (Å²) >= 11 is 12.1. The fourth-order valence-corrected chi connectivity index (χ4v) is 3.30. The number of halogens is 2. The van der Waals surface area contributed by atoms with Crippen LogP contribution in [0.3, 0.4) is 0 Å². The van der Waals surface area contributed by atoms with Crippen molar-refractivity contribution in [2.75, 3.05) is 6.61 Å². The highest BCUT2D eigenvalue weighted by Crippen LogP contribution is 2.24. The number of ether oxygens (including phenoxy) is 2. The van der Waals surface area contributed by atoms with Crippen LogP contribution in [0.2, 0.25) is 10.0 Å². The van der Waals surface area contributed by atoms with Crippen molar-refractivity contribution in [1.82, 2.24) is 5.32 Å². The Bertz CT molecular complexity index is 1220. The van der Waals surface area contributed by atoms with E-state index in [1.54, 1.807) is 36.4 Å². The Kier molecular flexibility index (Phi) is 8.34. The van der Waals surface area contributed by atoms with E-state index in [-0.39, 0.29) is 31.3 Å². The van der Waals surface area contributed by atoms with Gasteiger partial charge in [-0.3, -0.25) is 15.0 Å². The number of nitrogens with one attached hydrogen (secondary N) is 2. The quantitative estimate of drug-likeness (QED) is 0.248. The van der Waals surface area contributed by atoms with E-state index in [1.807, 2.05) is 12.1 Å².